The number of carbonyl (C=O) groups is 1. The van der Waals surface area contributed by atoms with Crippen LogP contribution in [0.2, 0.25) is 0 Å². The lowest BCUT2D eigenvalue weighted by atomic mass is 10.2. The molecule has 0 bridgehead atoms. The summed E-state index contributed by atoms with van der Waals surface area (Å²) in [5.41, 5.74) is 0.240. The van der Waals surface area contributed by atoms with E-state index in [0.29, 0.717) is 18.7 Å². The lowest BCUT2D eigenvalue weighted by molar-refractivity contribution is 0.0946. The van der Waals surface area contributed by atoms with Crippen LogP contribution in [0.25, 0.3) is 5.65 Å². The minimum Gasteiger partial charge on any atom is -0.493 e. The molecule has 112 valence electrons. The highest BCUT2D eigenvalue weighted by atomic mass is 16.3. The largest absolute Gasteiger partial charge is 0.493 e. The Morgan fingerprint density at radius 2 is 2.14 bits per heavy atom. The Morgan fingerprint density at radius 1 is 1.43 bits per heavy atom. The molecule has 0 radical (unpaired) electrons. The van der Waals surface area contributed by atoms with Gasteiger partial charge in [-0.1, -0.05) is 6.07 Å². The van der Waals surface area contributed by atoms with E-state index in [1.807, 2.05) is 25.9 Å². The summed E-state index contributed by atoms with van der Waals surface area (Å²) in [4.78, 5) is 30.2. The number of hydrogen-bond donors (Lipinski definition) is 2. The minimum atomic E-state index is -0.622. The Kier molecular flexibility index (Phi) is 4.23. The Labute approximate surface area is 121 Å². The fourth-order valence-electron chi connectivity index (χ4n) is 1.91. The maximum atomic E-state index is 12.3. The van der Waals surface area contributed by atoms with Gasteiger partial charge in [-0.25, -0.2) is 0 Å². The molecular weight excluding hydrogens is 272 g/mol. The van der Waals surface area contributed by atoms with Crippen molar-refractivity contribution in [3.63, 3.8) is 0 Å². The number of pyridine rings is 1. The van der Waals surface area contributed by atoms with E-state index in [-0.39, 0.29) is 5.56 Å². The van der Waals surface area contributed by atoms with Gasteiger partial charge in [0.25, 0.3) is 11.5 Å². The first-order chi connectivity index (χ1) is 9.90. The maximum Gasteiger partial charge on any atom is 0.274 e. The predicted molar refractivity (Wildman–Crippen MR) is 78.8 cm³/mol. The second-order valence-electron chi connectivity index (χ2n) is 5.11. The van der Waals surface area contributed by atoms with E-state index in [0.717, 1.165) is 5.56 Å². The molecule has 21 heavy (non-hydrogen) atoms. The molecule has 0 fully saturated rings. The molecule has 7 nitrogen and oxygen atoms in total. The third kappa shape index (κ3) is 3.19. The van der Waals surface area contributed by atoms with Gasteiger partial charge in [0.15, 0.2) is 5.56 Å². The summed E-state index contributed by atoms with van der Waals surface area (Å²) in [5.74, 6) is -1.17. The fourth-order valence-corrected chi connectivity index (χ4v) is 1.91. The van der Waals surface area contributed by atoms with Crippen molar-refractivity contribution in [3.8, 4) is 5.88 Å². The Morgan fingerprint density at radius 3 is 2.81 bits per heavy atom. The van der Waals surface area contributed by atoms with Gasteiger partial charge in [0, 0.05) is 19.3 Å². The zero-order chi connectivity index (χ0) is 15.6. The van der Waals surface area contributed by atoms with E-state index in [2.05, 4.69) is 10.3 Å². The molecule has 0 saturated carbocycles. The molecule has 0 atom stereocenters. The summed E-state index contributed by atoms with van der Waals surface area (Å²) in [6.45, 7) is 2.84. The fraction of sp³-hybridized carbons (Fsp3) is 0.357. The molecule has 0 unspecified atom stereocenters. The highest BCUT2D eigenvalue weighted by Gasteiger charge is 2.19. The maximum absolute atomic E-state index is 12.3. The van der Waals surface area contributed by atoms with Crippen LogP contribution < -0.4 is 10.9 Å². The van der Waals surface area contributed by atoms with Crippen molar-refractivity contribution in [1.29, 1.82) is 0 Å². The number of fused-ring (bicyclic) bond motifs is 1. The van der Waals surface area contributed by atoms with Gasteiger partial charge in [-0.2, -0.15) is 4.98 Å². The number of carbonyl (C=O) groups excluding carboxylic acids is 1. The summed E-state index contributed by atoms with van der Waals surface area (Å²) in [6.07, 6.45) is 1.58. The predicted octanol–water partition coefficient (Wildman–Crippen LogP) is -0.0000800. The van der Waals surface area contributed by atoms with E-state index in [4.69, 9.17) is 0 Å². The van der Waals surface area contributed by atoms with Gasteiger partial charge in [0.05, 0.1) is 0 Å². The molecule has 0 aliphatic heterocycles. The molecule has 1 amide bonds. The standard InChI is InChI=1S/C14H18N4O3/c1-9-4-5-10-16-13(20)11(14(21)18(10)8-9)12(19)15-6-7-17(2)3/h4-5,8,20H,6-7H2,1-3H3,(H,15,19). The van der Waals surface area contributed by atoms with Crippen molar-refractivity contribution in [2.24, 2.45) is 0 Å². The second kappa shape index (κ2) is 5.92. The number of aromatic nitrogens is 2. The lowest BCUT2D eigenvalue weighted by Gasteiger charge is -2.11. The second-order valence-corrected chi connectivity index (χ2v) is 5.11. The van der Waals surface area contributed by atoms with E-state index in [1.165, 1.54) is 4.40 Å². The topological polar surface area (TPSA) is 86.9 Å². The first kappa shape index (κ1) is 15.0. The third-order valence-corrected chi connectivity index (χ3v) is 3.02. The summed E-state index contributed by atoms with van der Waals surface area (Å²) >= 11 is 0. The molecule has 7 heteroatoms. The van der Waals surface area contributed by atoms with E-state index in [1.54, 1.807) is 18.3 Å². The summed E-state index contributed by atoms with van der Waals surface area (Å²) in [6, 6.07) is 3.39. The summed E-state index contributed by atoms with van der Waals surface area (Å²) in [7, 11) is 3.75. The van der Waals surface area contributed by atoms with Crippen molar-refractivity contribution in [2.75, 3.05) is 27.2 Å². The molecule has 2 aromatic rings. The normalized spacial score (nSPS) is 11.0. The molecule has 2 heterocycles. The van der Waals surface area contributed by atoms with Crippen LogP contribution in [0.5, 0.6) is 5.88 Å². The molecule has 2 N–H and O–H groups in total. The highest BCUT2D eigenvalue weighted by Crippen LogP contribution is 2.11. The molecule has 0 aromatic carbocycles. The van der Waals surface area contributed by atoms with Crippen molar-refractivity contribution in [1.82, 2.24) is 19.6 Å². The number of aryl methyl sites for hydroxylation is 1. The van der Waals surface area contributed by atoms with Gasteiger partial charge in [0.1, 0.15) is 5.65 Å². The van der Waals surface area contributed by atoms with Crippen LogP contribution in [0.1, 0.15) is 15.9 Å². The van der Waals surface area contributed by atoms with Gasteiger partial charge >= 0.3 is 0 Å². The van der Waals surface area contributed by atoms with Crippen LogP contribution in [0, 0.1) is 6.92 Å². The Hall–Kier alpha value is -2.41. The van der Waals surface area contributed by atoms with E-state index in [9.17, 15) is 14.7 Å². The van der Waals surface area contributed by atoms with Gasteiger partial charge in [-0.3, -0.25) is 14.0 Å². The summed E-state index contributed by atoms with van der Waals surface area (Å²) in [5, 5.41) is 12.4. The van der Waals surface area contributed by atoms with Crippen LogP contribution >= 0.6 is 0 Å². The third-order valence-electron chi connectivity index (χ3n) is 3.02. The molecular formula is C14H18N4O3. The average Bonchev–Trinajstić information content (AvgIpc) is 2.39. The monoisotopic (exact) mass is 290 g/mol. The Balaban J connectivity index is 2.39. The summed E-state index contributed by atoms with van der Waals surface area (Å²) < 4.78 is 1.26. The lowest BCUT2D eigenvalue weighted by Crippen LogP contribution is -2.35. The van der Waals surface area contributed by atoms with Gasteiger partial charge in [-0.15, -0.1) is 0 Å². The number of rotatable bonds is 4. The smallest absolute Gasteiger partial charge is 0.274 e. The number of likely N-dealkylation sites (N-methyl/N-ethyl adjacent to an activating group) is 1. The number of aromatic hydroxyl groups is 1. The number of amides is 1. The van der Waals surface area contributed by atoms with Crippen molar-refractivity contribution >= 4 is 11.6 Å². The van der Waals surface area contributed by atoms with Crippen molar-refractivity contribution in [3.05, 3.63) is 39.8 Å². The van der Waals surface area contributed by atoms with Gasteiger partial charge < -0.3 is 15.3 Å². The van der Waals surface area contributed by atoms with Crippen LogP contribution in [0.3, 0.4) is 0 Å². The van der Waals surface area contributed by atoms with Crippen molar-refractivity contribution < 1.29 is 9.90 Å². The minimum absolute atomic E-state index is 0.299. The number of nitrogens with zero attached hydrogens (tertiary/aromatic N) is 3. The zero-order valence-electron chi connectivity index (χ0n) is 12.3. The quantitative estimate of drug-likeness (QED) is 0.827. The molecule has 0 aliphatic carbocycles. The van der Waals surface area contributed by atoms with Crippen LogP contribution in [0.4, 0.5) is 0 Å². The molecule has 0 spiro atoms. The number of hydrogen-bond acceptors (Lipinski definition) is 5. The van der Waals surface area contributed by atoms with Gasteiger partial charge in [-0.05, 0) is 32.6 Å². The van der Waals surface area contributed by atoms with Crippen LogP contribution in [-0.2, 0) is 0 Å². The van der Waals surface area contributed by atoms with E-state index >= 15 is 0 Å². The first-order valence-electron chi connectivity index (χ1n) is 6.55. The van der Waals surface area contributed by atoms with Crippen LogP contribution in [0.15, 0.2) is 23.1 Å². The highest BCUT2D eigenvalue weighted by molar-refractivity contribution is 5.96. The number of nitrogens with one attached hydrogen (secondary N) is 1. The molecule has 0 aliphatic rings. The average molecular weight is 290 g/mol. The van der Waals surface area contributed by atoms with Crippen LogP contribution in [-0.4, -0.2) is 52.5 Å². The molecule has 2 aromatic heterocycles. The molecule has 0 saturated heterocycles. The zero-order valence-corrected chi connectivity index (χ0v) is 12.3. The SMILES string of the molecule is Cc1ccc2nc(O)c(C(=O)NCCN(C)C)c(=O)n2c1. The van der Waals surface area contributed by atoms with Gasteiger partial charge in [0.2, 0.25) is 5.88 Å². The Bertz CT molecular complexity index is 737. The first-order valence-corrected chi connectivity index (χ1v) is 6.55. The van der Waals surface area contributed by atoms with E-state index < -0.39 is 17.3 Å². The van der Waals surface area contributed by atoms with Crippen molar-refractivity contribution in [2.45, 2.75) is 6.92 Å². The molecule has 2 rings (SSSR count).